The predicted molar refractivity (Wildman–Crippen MR) is 75.4 cm³/mol. The summed E-state index contributed by atoms with van der Waals surface area (Å²) in [5, 5.41) is 6.98. The quantitative estimate of drug-likeness (QED) is 0.709. The summed E-state index contributed by atoms with van der Waals surface area (Å²) < 4.78 is 0. The van der Waals surface area contributed by atoms with Crippen LogP contribution < -0.4 is 10.6 Å². The summed E-state index contributed by atoms with van der Waals surface area (Å²) >= 11 is 0. The first-order valence-electron chi connectivity index (χ1n) is 6.63. The molecule has 2 N–H and O–H groups in total. The molecule has 0 saturated heterocycles. The van der Waals surface area contributed by atoms with Crippen LogP contribution >= 0.6 is 0 Å². The molecule has 0 aliphatic rings. The Morgan fingerprint density at radius 1 is 1.12 bits per heavy atom. The zero-order valence-electron chi connectivity index (χ0n) is 11.6. The van der Waals surface area contributed by atoms with Crippen LogP contribution in [0.4, 0.5) is 0 Å². The van der Waals surface area contributed by atoms with Crippen molar-refractivity contribution in [3.8, 4) is 0 Å². The van der Waals surface area contributed by atoms with E-state index in [1.165, 1.54) is 23.1 Å². The number of rotatable bonds is 7. The van der Waals surface area contributed by atoms with Crippen molar-refractivity contribution in [2.24, 2.45) is 0 Å². The third kappa shape index (κ3) is 5.85. The monoisotopic (exact) mass is 234 g/mol. The van der Waals surface area contributed by atoms with Crippen molar-refractivity contribution in [2.45, 2.75) is 46.7 Å². The summed E-state index contributed by atoms with van der Waals surface area (Å²) in [6.45, 7) is 11.8. The van der Waals surface area contributed by atoms with Gasteiger partial charge in [-0.05, 0) is 39.3 Å². The van der Waals surface area contributed by atoms with Gasteiger partial charge in [0.1, 0.15) is 0 Å². The minimum absolute atomic E-state index is 0.516. The zero-order valence-corrected chi connectivity index (χ0v) is 11.6. The lowest BCUT2D eigenvalue weighted by atomic mass is 10.1. The topological polar surface area (TPSA) is 24.1 Å². The Labute approximate surface area is 106 Å². The summed E-state index contributed by atoms with van der Waals surface area (Å²) in [6.07, 6.45) is 1.20. The number of benzene rings is 1. The van der Waals surface area contributed by atoms with Gasteiger partial charge in [-0.2, -0.15) is 0 Å². The molecule has 0 spiro atoms. The maximum absolute atomic E-state index is 3.55. The smallest absolute Gasteiger partial charge is 0.0208 e. The molecular formula is C15H26N2. The molecule has 0 aromatic heterocycles. The van der Waals surface area contributed by atoms with E-state index in [0.717, 1.165) is 19.6 Å². The van der Waals surface area contributed by atoms with E-state index in [0.29, 0.717) is 6.04 Å². The molecule has 0 saturated carbocycles. The molecule has 1 aromatic rings. The Morgan fingerprint density at radius 3 is 2.35 bits per heavy atom. The van der Waals surface area contributed by atoms with Gasteiger partial charge in [0.05, 0.1) is 0 Å². The standard InChI is InChI=1S/C15H26N2/c1-5-6-16-10-14(4)17-11-15-8-12(2)7-13(3)9-15/h7-9,14,16-17H,5-6,10-11H2,1-4H3. The van der Waals surface area contributed by atoms with E-state index in [1.54, 1.807) is 0 Å². The van der Waals surface area contributed by atoms with Gasteiger partial charge in [-0.3, -0.25) is 0 Å². The first-order chi connectivity index (χ1) is 8.11. The molecule has 2 heteroatoms. The van der Waals surface area contributed by atoms with Gasteiger partial charge >= 0.3 is 0 Å². The molecule has 0 aliphatic carbocycles. The van der Waals surface area contributed by atoms with Crippen molar-refractivity contribution >= 4 is 0 Å². The SMILES string of the molecule is CCCNCC(C)NCc1cc(C)cc(C)c1. The molecule has 2 nitrogen and oxygen atoms in total. The lowest BCUT2D eigenvalue weighted by Crippen LogP contribution is -2.36. The van der Waals surface area contributed by atoms with Crippen molar-refractivity contribution in [1.82, 2.24) is 10.6 Å². The fraction of sp³-hybridized carbons (Fsp3) is 0.600. The molecule has 1 rings (SSSR count). The van der Waals surface area contributed by atoms with Gasteiger partial charge in [0.25, 0.3) is 0 Å². The number of hydrogen-bond acceptors (Lipinski definition) is 2. The van der Waals surface area contributed by atoms with Crippen LogP contribution in [-0.4, -0.2) is 19.1 Å². The van der Waals surface area contributed by atoms with Gasteiger partial charge in [0.2, 0.25) is 0 Å². The normalized spacial score (nSPS) is 12.7. The van der Waals surface area contributed by atoms with Crippen LogP contribution in [0, 0.1) is 13.8 Å². The highest BCUT2D eigenvalue weighted by molar-refractivity contribution is 5.28. The molecule has 0 bridgehead atoms. The van der Waals surface area contributed by atoms with E-state index in [1.807, 2.05) is 0 Å². The predicted octanol–water partition coefficient (Wildman–Crippen LogP) is 2.78. The molecule has 1 aromatic carbocycles. The summed E-state index contributed by atoms with van der Waals surface area (Å²) in [7, 11) is 0. The van der Waals surface area contributed by atoms with Gasteiger partial charge in [0, 0.05) is 19.1 Å². The van der Waals surface area contributed by atoms with Gasteiger partial charge in [-0.1, -0.05) is 36.2 Å². The van der Waals surface area contributed by atoms with Crippen LogP contribution in [0.15, 0.2) is 18.2 Å². The first-order valence-corrected chi connectivity index (χ1v) is 6.63. The molecular weight excluding hydrogens is 208 g/mol. The van der Waals surface area contributed by atoms with E-state index in [4.69, 9.17) is 0 Å². The largest absolute Gasteiger partial charge is 0.315 e. The highest BCUT2D eigenvalue weighted by Crippen LogP contribution is 2.08. The summed E-state index contributed by atoms with van der Waals surface area (Å²) in [6, 6.07) is 7.25. The fourth-order valence-electron chi connectivity index (χ4n) is 2.03. The van der Waals surface area contributed by atoms with Crippen LogP contribution in [-0.2, 0) is 6.54 Å². The number of aryl methyl sites for hydroxylation is 2. The van der Waals surface area contributed by atoms with E-state index in [-0.39, 0.29) is 0 Å². The van der Waals surface area contributed by atoms with Crippen LogP contribution in [0.2, 0.25) is 0 Å². The van der Waals surface area contributed by atoms with Crippen LogP contribution in [0.1, 0.15) is 37.0 Å². The molecule has 1 unspecified atom stereocenters. The minimum Gasteiger partial charge on any atom is -0.315 e. The molecule has 0 radical (unpaired) electrons. The highest BCUT2D eigenvalue weighted by atomic mass is 15.0. The zero-order chi connectivity index (χ0) is 12.7. The van der Waals surface area contributed by atoms with Crippen LogP contribution in [0.5, 0.6) is 0 Å². The fourth-order valence-corrected chi connectivity index (χ4v) is 2.03. The summed E-state index contributed by atoms with van der Waals surface area (Å²) in [4.78, 5) is 0. The molecule has 1 atom stereocenters. The third-order valence-corrected chi connectivity index (χ3v) is 2.81. The minimum atomic E-state index is 0.516. The van der Waals surface area contributed by atoms with E-state index >= 15 is 0 Å². The van der Waals surface area contributed by atoms with Crippen molar-refractivity contribution in [3.05, 3.63) is 34.9 Å². The Kier molecular flexibility index (Phi) is 6.23. The second-order valence-electron chi connectivity index (χ2n) is 4.98. The van der Waals surface area contributed by atoms with Crippen molar-refractivity contribution in [2.75, 3.05) is 13.1 Å². The molecule has 0 amide bonds. The number of nitrogens with one attached hydrogen (secondary N) is 2. The Balaban J connectivity index is 2.34. The highest BCUT2D eigenvalue weighted by Gasteiger charge is 2.01. The van der Waals surface area contributed by atoms with Gasteiger partial charge < -0.3 is 10.6 Å². The van der Waals surface area contributed by atoms with Gasteiger partial charge in [0.15, 0.2) is 0 Å². The Hall–Kier alpha value is -0.860. The van der Waals surface area contributed by atoms with Gasteiger partial charge in [-0.25, -0.2) is 0 Å². The second kappa shape index (κ2) is 7.46. The van der Waals surface area contributed by atoms with E-state index < -0.39 is 0 Å². The average molecular weight is 234 g/mol. The first kappa shape index (κ1) is 14.2. The lowest BCUT2D eigenvalue weighted by molar-refractivity contribution is 0.501. The molecule has 0 heterocycles. The van der Waals surface area contributed by atoms with Crippen LogP contribution in [0.25, 0.3) is 0 Å². The van der Waals surface area contributed by atoms with E-state index in [9.17, 15) is 0 Å². The maximum Gasteiger partial charge on any atom is 0.0208 e. The molecule has 17 heavy (non-hydrogen) atoms. The van der Waals surface area contributed by atoms with Crippen LogP contribution in [0.3, 0.4) is 0 Å². The van der Waals surface area contributed by atoms with Gasteiger partial charge in [-0.15, -0.1) is 0 Å². The summed E-state index contributed by atoms with van der Waals surface area (Å²) in [5.74, 6) is 0. The second-order valence-corrected chi connectivity index (χ2v) is 4.98. The summed E-state index contributed by atoms with van der Waals surface area (Å²) in [5.41, 5.74) is 4.07. The van der Waals surface area contributed by atoms with Crippen molar-refractivity contribution < 1.29 is 0 Å². The Morgan fingerprint density at radius 2 is 1.76 bits per heavy atom. The molecule has 0 aliphatic heterocycles. The van der Waals surface area contributed by atoms with Crippen molar-refractivity contribution in [3.63, 3.8) is 0 Å². The van der Waals surface area contributed by atoms with E-state index in [2.05, 4.69) is 56.5 Å². The molecule has 0 fully saturated rings. The molecule has 96 valence electrons. The lowest BCUT2D eigenvalue weighted by Gasteiger charge is -2.15. The maximum atomic E-state index is 3.55. The van der Waals surface area contributed by atoms with Crippen molar-refractivity contribution in [1.29, 1.82) is 0 Å². The Bertz CT molecular complexity index is 313. The average Bonchev–Trinajstić information content (AvgIpc) is 2.25. The number of hydrogen-bond donors (Lipinski definition) is 2. The third-order valence-electron chi connectivity index (χ3n) is 2.81.